The Morgan fingerprint density at radius 2 is 1.87 bits per heavy atom. The summed E-state index contributed by atoms with van der Waals surface area (Å²) in [6.45, 7) is -0.719. The van der Waals surface area contributed by atoms with Crippen LogP contribution in [0.4, 0.5) is 17.6 Å². The predicted molar refractivity (Wildman–Crippen MR) is 43.4 cm³/mol. The van der Waals surface area contributed by atoms with Crippen LogP contribution in [0.15, 0.2) is 18.2 Å². The number of halogens is 4. The van der Waals surface area contributed by atoms with Crippen LogP contribution >= 0.6 is 0 Å². The van der Waals surface area contributed by atoms with Crippen molar-refractivity contribution in [1.29, 1.82) is 0 Å². The van der Waals surface area contributed by atoms with Crippen LogP contribution in [0.1, 0.15) is 17.2 Å². The summed E-state index contributed by atoms with van der Waals surface area (Å²) in [7, 11) is 0. The molecule has 0 heterocycles. The van der Waals surface area contributed by atoms with Crippen LogP contribution in [0.25, 0.3) is 0 Å². The first-order valence-corrected chi connectivity index (χ1v) is 4.02. The van der Waals surface area contributed by atoms with Crippen molar-refractivity contribution in [2.45, 2.75) is 12.3 Å². The molecule has 1 aromatic carbocycles. The van der Waals surface area contributed by atoms with Gasteiger partial charge in [-0.1, -0.05) is 6.07 Å². The van der Waals surface area contributed by atoms with Gasteiger partial charge in [-0.05, 0) is 17.7 Å². The summed E-state index contributed by atoms with van der Waals surface area (Å²) in [6.07, 6.45) is -6.25. The van der Waals surface area contributed by atoms with E-state index < -0.39 is 30.3 Å². The number of rotatable bonds is 2. The molecule has 15 heavy (non-hydrogen) atoms. The molecule has 0 bridgehead atoms. The van der Waals surface area contributed by atoms with Crippen molar-refractivity contribution in [1.82, 2.24) is 0 Å². The Morgan fingerprint density at radius 1 is 1.27 bits per heavy atom. The molecule has 0 saturated carbocycles. The van der Waals surface area contributed by atoms with Gasteiger partial charge in [0.15, 0.2) is 0 Å². The van der Waals surface area contributed by atoms with Crippen molar-refractivity contribution >= 4 is 0 Å². The number of hydrogen-bond acceptors (Lipinski definition) is 2. The van der Waals surface area contributed by atoms with Gasteiger partial charge in [-0.3, -0.25) is 0 Å². The lowest BCUT2D eigenvalue weighted by Crippen LogP contribution is -2.11. The molecule has 2 nitrogen and oxygen atoms in total. The van der Waals surface area contributed by atoms with Crippen LogP contribution in [0.2, 0.25) is 0 Å². The summed E-state index contributed by atoms with van der Waals surface area (Å²) in [4.78, 5) is 0. The maximum absolute atomic E-state index is 12.8. The third kappa shape index (κ3) is 2.66. The Morgan fingerprint density at radius 3 is 2.33 bits per heavy atom. The molecule has 0 radical (unpaired) electrons. The standard InChI is InChI=1S/C9H8F4O2/c10-7-2-1-5(8(15)4-14)3-6(7)9(11,12)13/h1-3,8,14-15H,4H2. The predicted octanol–water partition coefficient (Wildman–Crippen LogP) is 1.87. The minimum atomic E-state index is -4.81. The zero-order valence-corrected chi connectivity index (χ0v) is 7.42. The lowest BCUT2D eigenvalue weighted by Gasteiger charge is -2.12. The summed E-state index contributed by atoms with van der Waals surface area (Å²) >= 11 is 0. The molecule has 6 heteroatoms. The third-order valence-corrected chi connectivity index (χ3v) is 1.85. The molecule has 1 aromatic rings. The van der Waals surface area contributed by atoms with Gasteiger partial charge in [-0.2, -0.15) is 13.2 Å². The first-order valence-electron chi connectivity index (χ1n) is 4.02. The molecule has 0 aliphatic heterocycles. The van der Waals surface area contributed by atoms with Gasteiger partial charge in [0.25, 0.3) is 0 Å². The maximum Gasteiger partial charge on any atom is 0.419 e. The number of benzene rings is 1. The monoisotopic (exact) mass is 224 g/mol. The van der Waals surface area contributed by atoms with Gasteiger partial charge in [0.05, 0.1) is 12.2 Å². The number of alkyl halides is 3. The highest BCUT2D eigenvalue weighted by Gasteiger charge is 2.34. The Bertz CT molecular complexity index is 348. The van der Waals surface area contributed by atoms with Crippen molar-refractivity contribution in [3.8, 4) is 0 Å². The van der Waals surface area contributed by atoms with Crippen molar-refractivity contribution in [2.24, 2.45) is 0 Å². The minimum Gasteiger partial charge on any atom is -0.393 e. The van der Waals surface area contributed by atoms with E-state index in [0.717, 1.165) is 6.07 Å². The molecule has 1 unspecified atom stereocenters. The van der Waals surface area contributed by atoms with Gasteiger partial charge in [-0.15, -0.1) is 0 Å². The van der Waals surface area contributed by atoms with Crippen molar-refractivity contribution in [2.75, 3.05) is 6.61 Å². The van der Waals surface area contributed by atoms with E-state index in [4.69, 9.17) is 10.2 Å². The molecular weight excluding hydrogens is 216 g/mol. The molecular formula is C9H8F4O2. The van der Waals surface area contributed by atoms with Gasteiger partial charge < -0.3 is 10.2 Å². The third-order valence-electron chi connectivity index (χ3n) is 1.85. The van der Waals surface area contributed by atoms with Gasteiger partial charge in [-0.25, -0.2) is 4.39 Å². The van der Waals surface area contributed by atoms with Crippen LogP contribution in [0, 0.1) is 5.82 Å². The fourth-order valence-corrected chi connectivity index (χ4v) is 1.07. The molecule has 0 fully saturated rings. The summed E-state index contributed by atoms with van der Waals surface area (Å²) in [6, 6.07) is 2.08. The van der Waals surface area contributed by atoms with E-state index in [-0.39, 0.29) is 5.56 Å². The van der Waals surface area contributed by atoms with Gasteiger partial charge >= 0.3 is 6.18 Å². The van der Waals surface area contributed by atoms with E-state index in [1.807, 2.05) is 0 Å². The zero-order valence-electron chi connectivity index (χ0n) is 7.42. The fraction of sp³-hybridized carbons (Fsp3) is 0.333. The Labute approximate surface area is 82.8 Å². The molecule has 0 spiro atoms. The Kier molecular flexibility index (Phi) is 3.31. The second-order valence-corrected chi connectivity index (χ2v) is 2.94. The lowest BCUT2D eigenvalue weighted by molar-refractivity contribution is -0.140. The molecule has 0 aromatic heterocycles. The summed E-state index contributed by atoms with van der Waals surface area (Å²) in [5, 5.41) is 17.6. The van der Waals surface area contributed by atoms with Gasteiger partial charge in [0, 0.05) is 0 Å². The normalized spacial score (nSPS) is 14.0. The average molecular weight is 224 g/mol. The fourth-order valence-electron chi connectivity index (χ4n) is 1.07. The van der Waals surface area contributed by atoms with Crippen molar-refractivity contribution < 1.29 is 27.8 Å². The van der Waals surface area contributed by atoms with Gasteiger partial charge in [0.2, 0.25) is 0 Å². The van der Waals surface area contributed by atoms with Crippen LogP contribution in [0.5, 0.6) is 0 Å². The highest BCUT2D eigenvalue weighted by molar-refractivity contribution is 5.28. The Balaban J connectivity index is 3.17. The van der Waals surface area contributed by atoms with Crippen molar-refractivity contribution in [3.63, 3.8) is 0 Å². The second kappa shape index (κ2) is 4.16. The molecule has 0 aliphatic carbocycles. The number of aliphatic hydroxyl groups is 2. The van der Waals surface area contributed by atoms with E-state index in [1.165, 1.54) is 0 Å². The smallest absolute Gasteiger partial charge is 0.393 e. The molecule has 0 aliphatic rings. The lowest BCUT2D eigenvalue weighted by atomic mass is 10.1. The highest BCUT2D eigenvalue weighted by Crippen LogP contribution is 2.32. The van der Waals surface area contributed by atoms with E-state index in [0.29, 0.717) is 12.1 Å². The van der Waals surface area contributed by atoms with E-state index in [2.05, 4.69) is 0 Å². The minimum absolute atomic E-state index is 0.175. The van der Waals surface area contributed by atoms with Crippen LogP contribution in [-0.4, -0.2) is 16.8 Å². The molecule has 0 amide bonds. The second-order valence-electron chi connectivity index (χ2n) is 2.94. The van der Waals surface area contributed by atoms with Crippen LogP contribution in [-0.2, 0) is 6.18 Å². The molecule has 0 saturated heterocycles. The van der Waals surface area contributed by atoms with Crippen LogP contribution < -0.4 is 0 Å². The first-order chi connectivity index (χ1) is 6.86. The molecule has 2 N–H and O–H groups in total. The van der Waals surface area contributed by atoms with E-state index in [1.54, 1.807) is 0 Å². The molecule has 84 valence electrons. The number of aliphatic hydroxyl groups excluding tert-OH is 2. The zero-order chi connectivity index (χ0) is 11.6. The molecule has 1 atom stereocenters. The van der Waals surface area contributed by atoms with Gasteiger partial charge in [0.1, 0.15) is 11.9 Å². The van der Waals surface area contributed by atoms with E-state index >= 15 is 0 Å². The topological polar surface area (TPSA) is 40.5 Å². The van der Waals surface area contributed by atoms with Crippen molar-refractivity contribution in [3.05, 3.63) is 35.1 Å². The molecule has 1 rings (SSSR count). The first kappa shape index (κ1) is 11.9. The summed E-state index contributed by atoms with van der Waals surface area (Å²) < 4.78 is 49.4. The summed E-state index contributed by atoms with van der Waals surface area (Å²) in [5.41, 5.74) is -1.63. The SMILES string of the molecule is OCC(O)c1ccc(F)c(C(F)(F)F)c1. The highest BCUT2D eigenvalue weighted by atomic mass is 19.4. The quantitative estimate of drug-likeness (QED) is 0.753. The maximum atomic E-state index is 12.8. The Hall–Kier alpha value is -1.14. The largest absolute Gasteiger partial charge is 0.419 e. The number of hydrogen-bond donors (Lipinski definition) is 2. The van der Waals surface area contributed by atoms with Crippen LogP contribution in [0.3, 0.4) is 0 Å². The summed E-state index contributed by atoms with van der Waals surface area (Å²) in [5.74, 6) is -1.41. The van der Waals surface area contributed by atoms with E-state index in [9.17, 15) is 17.6 Å². The average Bonchev–Trinajstić information content (AvgIpc) is 2.15.